The van der Waals surface area contributed by atoms with Crippen molar-refractivity contribution in [3.63, 3.8) is 0 Å². The fourth-order valence-electron chi connectivity index (χ4n) is 1.70. The molecule has 0 unspecified atom stereocenters. The third-order valence-electron chi connectivity index (χ3n) is 2.66. The lowest BCUT2D eigenvalue weighted by Gasteiger charge is -2.06. The van der Waals surface area contributed by atoms with Crippen molar-refractivity contribution >= 4 is 34.7 Å². The van der Waals surface area contributed by atoms with Crippen LogP contribution in [-0.2, 0) is 12.4 Å². The van der Waals surface area contributed by atoms with E-state index in [1.54, 1.807) is 18.0 Å². The number of hydrogen-bond donors (Lipinski definition) is 1. The number of aliphatic hydroxyl groups is 1. The van der Waals surface area contributed by atoms with E-state index < -0.39 is 0 Å². The Morgan fingerprint density at radius 1 is 1.50 bits per heavy atom. The first-order valence-electron chi connectivity index (χ1n) is 5.55. The normalized spacial score (nSPS) is 15.2. The molecule has 0 aliphatic heterocycles. The Bertz CT molecular complexity index is 552. The molecule has 3 rings (SSSR count). The van der Waals surface area contributed by atoms with Crippen molar-refractivity contribution in [2.75, 3.05) is 0 Å². The van der Waals surface area contributed by atoms with Crippen molar-refractivity contribution in [3.05, 3.63) is 21.4 Å². The second kappa shape index (κ2) is 5.16. The molecule has 5 nitrogen and oxygen atoms in total. The first-order valence-corrected chi connectivity index (χ1v) is 7.73. The van der Waals surface area contributed by atoms with Gasteiger partial charge in [0, 0.05) is 22.9 Å². The molecule has 8 heteroatoms. The molecule has 0 saturated heterocycles. The number of thiazole rings is 1. The van der Waals surface area contributed by atoms with Gasteiger partial charge in [0.25, 0.3) is 0 Å². The van der Waals surface area contributed by atoms with Gasteiger partial charge in [0.05, 0.1) is 0 Å². The van der Waals surface area contributed by atoms with E-state index in [1.807, 2.05) is 4.57 Å². The molecule has 1 aliphatic rings. The number of aliphatic hydroxyl groups excluding tert-OH is 1. The third-order valence-corrected chi connectivity index (χ3v) is 4.95. The van der Waals surface area contributed by atoms with Crippen molar-refractivity contribution in [1.29, 1.82) is 0 Å². The second-order valence-corrected chi connectivity index (χ2v) is 6.67. The highest BCUT2D eigenvalue weighted by Gasteiger charge is 2.29. The summed E-state index contributed by atoms with van der Waals surface area (Å²) in [6, 6.07) is 0.467. The van der Waals surface area contributed by atoms with E-state index in [9.17, 15) is 5.11 Å². The number of aromatic nitrogens is 4. The molecule has 0 amide bonds. The summed E-state index contributed by atoms with van der Waals surface area (Å²) in [5.41, 5.74) is 0. The molecule has 96 valence electrons. The molecule has 2 heterocycles. The van der Waals surface area contributed by atoms with Gasteiger partial charge in [-0.1, -0.05) is 23.4 Å². The Kier molecular flexibility index (Phi) is 3.56. The maximum absolute atomic E-state index is 9.24. The number of halogens is 1. The summed E-state index contributed by atoms with van der Waals surface area (Å²) in [5.74, 6) is 1.43. The predicted molar refractivity (Wildman–Crippen MR) is 70.9 cm³/mol. The number of rotatable bonds is 5. The fourth-order valence-corrected chi connectivity index (χ4v) is 3.72. The van der Waals surface area contributed by atoms with Crippen molar-refractivity contribution < 1.29 is 5.11 Å². The summed E-state index contributed by atoms with van der Waals surface area (Å²) in [6.45, 7) is -0.0591. The van der Waals surface area contributed by atoms with E-state index in [2.05, 4.69) is 15.2 Å². The highest BCUT2D eigenvalue weighted by Crippen LogP contribution is 2.39. The summed E-state index contributed by atoms with van der Waals surface area (Å²) >= 11 is 8.88. The first-order chi connectivity index (χ1) is 8.78. The number of nitrogens with zero attached hydrogens (tertiary/aromatic N) is 4. The van der Waals surface area contributed by atoms with Crippen molar-refractivity contribution in [3.8, 4) is 0 Å². The lowest BCUT2D eigenvalue weighted by atomic mass is 10.6. The topological polar surface area (TPSA) is 63.8 Å². The molecule has 1 saturated carbocycles. The molecule has 1 fully saturated rings. The molecule has 0 bridgehead atoms. The Morgan fingerprint density at radius 3 is 2.94 bits per heavy atom. The standard InChI is InChI=1S/C10H11ClN4OS2/c11-9-12-3-7(18-9)5-17-10-14-13-8(4-16)15(10)6-1-2-6/h3,6,16H,1-2,4-5H2. The lowest BCUT2D eigenvalue weighted by molar-refractivity contribution is 0.263. The molecule has 2 aromatic heterocycles. The van der Waals surface area contributed by atoms with Gasteiger partial charge in [-0.05, 0) is 12.8 Å². The van der Waals surface area contributed by atoms with Crippen LogP contribution in [0.15, 0.2) is 11.4 Å². The molecule has 1 aliphatic carbocycles. The second-order valence-electron chi connectivity index (χ2n) is 4.03. The average Bonchev–Trinajstić information content (AvgIpc) is 2.99. The number of hydrogen-bond acceptors (Lipinski definition) is 6. The molecular formula is C10H11ClN4OS2. The summed E-state index contributed by atoms with van der Waals surface area (Å²) in [7, 11) is 0. The van der Waals surface area contributed by atoms with E-state index in [4.69, 9.17) is 11.6 Å². The SMILES string of the molecule is OCc1nnc(SCc2cnc(Cl)s2)n1C1CC1. The monoisotopic (exact) mass is 302 g/mol. The van der Waals surface area contributed by atoms with Crippen LogP contribution in [0.3, 0.4) is 0 Å². The van der Waals surface area contributed by atoms with Crippen LogP contribution in [0.4, 0.5) is 0 Å². The average molecular weight is 303 g/mol. The van der Waals surface area contributed by atoms with Crippen LogP contribution in [0.1, 0.15) is 29.6 Å². The predicted octanol–water partition coefficient (Wildman–Crippen LogP) is 2.51. The minimum Gasteiger partial charge on any atom is -0.388 e. The molecule has 0 spiro atoms. The highest BCUT2D eigenvalue weighted by molar-refractivity contribution is 7.98. The van der Waals surface area contributed by atoms with Crippen LogP contribution >= 0.6 is 34.7 Å². The first kappa shape index (κ1) is 12.4. The summed E-state index contributed by atoms with van der Waals surface area (Å²) < 4.78 is 2.61. The van der Waals surface area contributed by atoms with Crippen molar-refractivity contribution in [1.82, 2.24) is 19.7 Å². The van der Waals surface area contributed by atoms with Gasteiger partial charge in [-0.3, -0.25) is 0 Å². The molecule has 0 aromatic carbocycles. The van der Waals surface area contributed by atoms with E-state index in [0.29, 0.717) is 16.3 Å². The van der Waals surface area contributed by atoms with Gasteiger partial charge >= 0.3 is 0 Å². The quantitative estimate of drug-likeness (QED) is 0.860. The van der Waals surface area contributed by atoms with Crippen molar-refractivity contribution in [2.24, 2.45) is 0 Å². The molecule has 18 heavy (non-hydrogen) atoms. The Balaban J connectivity index is 1.74. The molecule has 2 aromatic rings. The van der Waals surface area contributed by atoms with Crippen LogP contribution in [0.5, 0.6) is 0 Å². The lowest BCUT2D eigenvalue weighted by Crippen LogP contribution is -2.02. The highest BCUT2D eigenvalue weighted by atomic mass is 35.5. The smallest absolute Gasteiger partial charge is 0.191 e. The summed E-state index contributed by atoms with van der Waals surface area (Å²) in [6.07, 6.45) is 4.07. The zero-order valence-corrected chi connectivity index (χ0v) is 11.8. The minimum absolute atomic E-state index is 0.0591. The van der Waals surface area contributed by atoms with Crippen LogP contribution < -0.4 is 0 Å². The van der Waals surface area contributed by atoms with Gasteiger partial charge in [-0.15, -0.1) is 21.5 Å². The molecule has 0 atom stereocenters. The zero-order valence-electron chi connectivity index (χ0n) is 9.41. The maximum atomic E-state index is 9.24. The van der Waals surface area contributed by atoms with Crippen LogP contribution in [0.2, 0.25) is 4.47 Å². The summed E-state index contributed by atoms with van der Waals surface area (Å²) in [4.78, 5) is 5.12. The van der Waals surface area contributed by atoms with Gasteiger partial charge in [0.1, 0.15) is 6.61 Å². The van der Waals surface area contributed by atoms with Gasteiger partial charge in [-0.2, -0.15) is 0 Å². The molecule has 0 radical (unpaired) electrons. The zero-order chi connectivity index (χ0) is 12.5. The minimum atomic E-state index is -0.0591. The molecular weight excluding hydrogens is 292 g/mol. The van der Waals surface area contributed by atoms with Gasteiger partial charge in [-0.25, -0.2) is 4.98 Å². The largest absolute Gasteiger partial charge is 0.388 e. The third kappa shape index (κ3) is 2.54. The maximum Gasteiger partial charge on any atom is 0.191 e. The van der Waals surface area contributed by atoms with E-state index >= 15 is 0 Å². The van der Waals surface area contributed by atoms with Crippen molar-refractivity contribution in [2.45, 2.75) is 36.4 Å². The molecule has 1 N–H and O–H groups in total. The van der Waals surface area contributed by atoms with Gasteiger partial charge in [0.15, 0.2) is 15.4 Å². The van der Waals surface area contributed by atoms with Gasteiger partial charge in [0.2, 0.25) is 0 Å². The Morgan fingerprint density at radius 2 is 2.33 bits per heavy atom. The van der Waals surface area contributed by atoms with Crippen LogP contribution in [0, 0.1) is 0 Å². The Labute approximate surface area is 117 Å². The summed E-state index contributed by atoms with van der Waals surface area (Å²) in [5, 5.41) is 18.3. The van der Waals surface area contributed by atoms with Crippen LogP contribution in [0.25, 0.3) is 0 Å². The van der Waals surface area contributed by atoms with E-state index in [-0.39, 0.29) is 6.61 Å². The Hall–Kier alpha value is -0.630. The fraction of sp³-hybridized carbons (Fsp3) is 0.500. The van der Waals surface area contributed by atoms with Gasteiger partial charge < -0.3 is 9.67 Å². The van der Waals surface area contributed by atoms with E-state index in [1.165, 1.54) is 11.3 Å². The van der Waals surface area contributed by atoms with Crippen LogP contribution in [-0.4, -0.2) is 24.9 Å². The van der Waals surface area contributed by atoms with E-state index in [0.717, 1.165) is 28.6 Å². The number of thioether (sulfide) groups is 1.